The van der Waals surface area contributed by atoms with Crippen molar-refractivity contribution < 1.29 is 23.1 Å². The van der Waals surface area contributed by atoms with E-state index in [1.807, 2.05) is 24.3 Å². The Morgan fingerprint density at radius 2 is 1.82 bits per heavy atom. The fraction of sp³-hybridized carbons (Fsp3) is 0.444. The monoisotopic (exact) mass is 558 g/mol. The van der Waals surface area contributed by atoms with Gasteiger partial charge < -0.3 is 19.7 Å². The highest BCUT2D eigenvalue weighted by atomic mass is 35.5. The lowest BCUT2D eigenvalue weighted by atomic mass is 9.70. The highest BCUT2D eigenvalue weighted by molar-refractivity contribution is 7.91. The van der Waals surface area contributed by atoms with Gasteiger partial charge in [-0.1, -0.05) is 23.7 Å². The van der Waals surface area contributed by atoms with Gasteiger partial charge in [0, 0.05) is 24.3 Å². The van der Waals surface area contributed by atoms with E-state index in [2.05, 4.69) is 19.9 Å². The number of hydrogen-bond donors (Lipinski definition) is 2. The van der Waals surface area contributed by atoms with Gasteiger partial charge in [-0.3, -0.25) is 4.79 Å². The molecule has 11 heteroatoms. The quantitative estimate of drug-likeness (QED) is 0.401. The summed E-state index contributed by atoms with van der Waals surface area (Å²) in [5.74, 6) is -0.280. The zero-order valence-corrected chi connectivity index (χ0v) is 23.0. The summed E-state index contributed by atoms with van der Waals surface area (Å²) >= 11 is 6.56. The number of imidazole rings is 1. The predicted octanol–water partition coefficient (Wildman–Crippen LogP) is 5.08. The first-order valence-corrected chi connectivity index (χ1v) is 14.9. The number of fused-ring (bicyclic) bond motifs is 1. The SMILES string of the molecule is CC(C)(C(=O)O)C1CCC(=COc2nc3nc(-c4ccc(N5CCS(=O)(=O)CC5)cc4)c(Cl)cc3[nH]2)CC1. The summed E-state index contributed by atoms with van der Waals surface area (Å²) in [6.07, 6.45) is 4.91. The molecule has 0 radical (unpaired) electrons. The van der Waals surface area contributed by atoms with Crippen molar-refractivity contribution in [1.82, 2.24) is 15.0 Å². The van der Waals surface area contributed by atoms with Crippen molar-refractivity contribution in [2.75, 3.05) is 29.5 Å². The molecule has 202 valence electrons. The fourth-order valence-electron chi connectivity index (χ4n) is 5.10. The van der Waals surface area contributed by atoms with Crippen molar-refractivity contribution in [3.8, 4) is 17.3 Å². The van der Waals surface area contributed by atoms with E-state index in [0.29, 0.717) is 41.0 Å². The fourth-order valence-corrected chi connectivity index (χ4v) is 6.56. The number of hydrogen-bond acceptors (Lipinski definition) is 7. The number of carboxylic acids is 1. The number of aromatic nitrogens is 3. The summed E-state index contributed by atoms with van der Waals surface area (Å²) in [6.45, 7) is 4.56. The van der Waals surface area contributed by atoms with Crippen LogP contribution in [0, 0.1) is 11.3 Å². The van der Waals surface area contributed by atoms with Gasteiger partial charge in [0.05, 0.1) is 39.4 Å². The van der Waals surface area contributed by atoms with Crippen LogP contribution < -0.4 is 9.64 Å². The number of benzene rings is 1. The second-order valence-corrected chi connectivity index (χ2v) is 13.3. The number of halogens is 1. The number of allylic oxidation sites excluding steroid dienone is 1. The lowest BCUT2D eigenvalue weighted by Gasteiger charge is -2.34. The second kappa shape index (κ2) is 10.2. The minimum Gasteiger partial charge on any atom is -0.481 e. The van der Waals surface area contributed by atoms with Gasteiger partial charge in [-0.2, -0.15) is 4.98 Å². The molecular formula is C27H31ClN4O5S. The first kappa shape index (κ1) is 26.5. The largest absolute Gasteiger partial charge is 0.481 e. The van der Waals surface area contributed by atoms with Crippen molar-refractivity contribution in [3.63, 3.8) is 0 Å². The Balaban J connectivity index is 1.26. The highest BCUT2D eigenvalue weighted by Crippen LogP contribution is 2.40. The molecule has 1 aliphatic carbocycles. The van der Waals surface area contributed by atoms with Crippen LogP contribution in [0.25, 0.3) is 22.4 Å². The Morgan fingerprint density at radius 1 is 1.16 bits per heavy atom. The number of ether oxygens (including phenoxy) is 1. The Bertz CT molecular complexity index is 1470. The van der Waals surface area contributed by atoms with E-state index in [0.717, 1.165) is 42.5 Å². The maximum atomic E-state index is 11.7. The van der Waals surface area contributed by atoms with Crippen LogP contribution in [0.2, 0.25) is 5.02 Å². The zero-order valence-electron chi connectivity index (χ0n) is 21.4. The van der Waals surface area contributed by atoms with Gasteiger partial charge in [0.2, 0.25) is 0 Å². The van der Waals surface area contributed by atoms with Crippen molar-refractivity contribution in [1.29, 1.82) is 0 Å². The number of rotatable bonds is 6. The number of aromatic amines is 1. The lowest BCUT2D eigenvalue weighted by Crippen LogP contribution is -2.40. The lowest BCUT2D eigenvalue weighted by molar-refractivity contribution is -0.150. The molecule has 0 unspecified atom stereocenters. The Kier molecular flexibility index (Phi) is 7.13. The molecule has 2 N–H and O–H groups in total. The van der Waals surface area contributed by atoms with Crippen LogP contribution in [0.1, 0.15) is 39.5 Å². The van der Waals surface area contributed by atoms with E-state index in [1.165, 1.54) is 0 Å². The van der Waals surface area contributed by atoms with Gasteiger partial charge in [-0.25, -0.2) is 13.4 Å². The molecule has 0 amide bonds. The molecule has 2 aliphatic rings. The number of nitrogens with one attached hydrogen (secondary N) is 1. The third-order valence-corrected chi connectivity index (χ3v) is 9.69. The van der Waals surface area contributed by atoms with Gasteiger partial charge in [0.15, 0.2) is 15.5 Å². The summed E-state index contributed by atoms with van der Waals surface area (Å²) in [7, 11) is -2.93. The van der Waals surface area contributed by atoms with E-state index in [4.69, 9.17) is 16.3 Å². The minimum absolute atomic E-state index is 0.137. The summed E-state index contributed by atoms with van der Waals surface area (Å²) in [4.78, 5) is 25.8. The molecule has 1 saturated heterocycles. The highest BCUT2D eigenvalue weighted by Gasteiger charge is 2.37. The Labute approximate surface area is 226 Å². The number of carboxylic acid groups (broad SMARTS) is 1. The first-order valence-electron chi connectivity index (χ1n) is 12.7. The number of H-pyrrole nitrogens is 1. The molecule has 1 aromatic carbocycles. The zero-order chi connectivity index (χ0) is 27.1. The maximum Gasteiger partial charge on any atom is 0.309 e. The molecular weight excluding hydrogens is 528 g/mol. The summed E-state index contributed by atoms with van der Waals surface area (Å²) < 4.78 is 29.2. The summed E-state index contributed by atoms with van der Waals surface area (Å²) in [5, 5.41) is 9.96. The van der Waals surface area contributed by atoms with Crippen LogP contribution in [-0.2, 0) is 14.6 Å². The van der Waals surface area contributed by atoms with Gasteiger partial charge >= 0.3 is 12.0 Å². The molecule has 2 aromatic heterocycles. The predicted molar refractivity (Wildman–Crippen MR) is 147 cm³/mol. The van der Waals surface area contributed by atoms with Crippen LogP contribution in [0.15, 0.2) is 42.2 Å². The van der Waals surface area contributed by atoms with Crippen LogP contribution in [0.3, 0.4) is 0 Å². The van der Waals surface area contributed by atoms with Crippen molar-refractivity contribution in [2.45, 2.75) is 39.5 Å². The van der Waals surface area contributed by atoms with Crippen LogP contribution >= 0.6 is 11.6 Å². The van der Waals surface area contributed by atoms with E-state index >= 15 is 0 Å². The van der Waals surface area contributed by atoms with Gasteiger partial charge in [-0.05, 0) is 69.2 Å². The molecule has 2 fully saturated rings. The smallest absolute Gasteiger partial charge is 0.309 e. The van der Waals surface area contributed by atoms with E-state index < -0.39 is 21.2 Å². The molecule has 5 rings (SSSR count). The molecule has 0 bridgehead atoms. The topological polar surface area (TPSA) is 125 Å². The number of pyridine rings is 1. The number of sulfone groups is 1. The van der Waals surface area contributed by atoms with Gasteiger partial charge in [0.25, 0.3) is 0 Å². The maximum absolute atomic E-state index is 11.7. The van der Waals surface area contributed by atoms with Crippen LogP contribution in [0.4, 0.5) is 5.69 Å². The number of anilines is 1. The molecule has 9 nitrogen and oxygen atoms in total. The van der Waals surface area contributed by atoms with Crippen LogP contribution in [-0.4, -0.2) is 59.0 Å². The molecule has 0 atom stereocenters. The van der Waals surface area contributed by atoms with Gasteiger partial charge in [-0.15, -0.1) is 0 Å². The summed E-state index contributed by atoms with van der Waals surface area (Å²) in [5.41, 5.74) is 3.93. The van der Waals surface area contributed by atoms with E-state index in [-0.39, 0.29) is 17.4 Å². The molecule has 1 aliphatic heterocycles. The van der Waals surface area contributed by atoms with Crippen molar-refractivity contribution >= 4 is 44.3 Å². The molecule has 38 heavy (non-hydrogen) atoms. The van der Waals surface area contributed by atoms with Crippen molar-refractivity contribution in [3.05, 3.63) is 47.2 Å². The van der Waals surface area contributed by atoms with Crippen LogP contribution in [0.5, 0.6) is 6.01 Å². The van der Waals surface area contributed by atoms with E-state index in [1.54, 1.807) is 26.2 Å². The van der Waals surface area contributed by atoms with Crippen molar-refractivity contribution in [2.24, 2.45) is 11.3 Å². The normalized spacial score (nSPS) is 19.9. The second-order valence-electron chi connectivity index (χ2n) is 10.6. The average Bonchev–Trinajstić information content (AvgIpc) is 3.29. The minimum atomic E-state index is -2.93. The molecule has 3 heterocycles. The molecule has 0 spiro atoms. The Hall–Kier alpha value is -3.11. The number of carbonyl (C=O) groups is 1. The molecule has 1 saturated carbocycles. The average molecular weight is 559 g/mol. The number of nitrogens with zero attached hydrogens (tertiary/aromatic N) is 3. The summed E-state index contributed by atoms with van der Waals surface area (Å²) in [6, 6.07) is 9.84. The molecule has 3 aromatic rings. The third-order valence-electron chi connectivity index (χ3n) is 7.79. The van der Waals surface area contributed by atoms with E-state index in [9.17, 15) is 18.3 Å². The first-order chi connectivity index (χ1) is 18.0. The van der Waals surface area contributed by atoms with Gasteiger partial charge in [0.1, 0.15) is 0 Å². The number of aliphatic carboxylic acids is 1. The Morgan fingerprint density at radius 3 is 2.45 bits per heavy atom. The third kappa shape index (κ3) is 5.51. The standard InChI is InChI=1S/C27H31ClN4O5S/c1-27(2,25(33)34)19-7-3-17(4-8-19)16-37-26-29-22-15-21(28)23(30-24(22)31-26)18-5-9-20(10-6-18)32-11-13-38(35,36)14-12-32/h5-6,9-10,15-16,19H,3-4,7-8,11-14H2,1-2H3,(H,33,34)(H,29,30,31).